The molecule has 4 rings (SSSR count). The lowest BCUT2D eigenvalue weighted by molar-refractivity contribution is -0.136. The van der Waals surface area contributed by atoms with Gasteiger partial charge in [0.2, 0.25) is 0 Å². The largest absolute Gasteiger partial charge is 0.508 e. The molecule has 4 aromatic carbocycles. The van der Waals surface area contributed by atoms with Crippen molar-refractivity contribution in [3.63, 3.8) is 0 Å². The van der Waals surface area contributed by atoms with Crippen molar-refractivity contribution in [2.24, 2.45) is 0 Å². The Morgan fingerprint density at radius 2 is 0.691 bits per heavy atom. The van der Waals surface area contributed by atoms with Gasteiger partial charge in [-0.2, -0.15) is 0 Å². The maximum absolute atomic E-state index is 11.5. The number of unbranched alkanes of at least 4 members (excludes halogenated alkanes) is 6. The second kappa shape index (κ2) is 21.4. The highest BCUT2D eigenvalue weighted by molar-refractivity contribution is 5.54. The number of ether oxygens (including phenoxy) is 1. The third-order valence-electron chi connectivity index (χ3n) is 11.6. The summed E-state index contributed by atoms with van der Waals surface area (Å²) in [4.78, 5) is 0. The molecule has 0 saturated carbocycles. The van der Waals surface area contributed by atoms with Gasteiger partial charge in [-0.1, -0.05) is 129 Å². The van der Waals surface area contributed by atoms with Crippen LogP contribution in [-0.4, -0.2) is 20.4 Å². The fourth-order valence-electron chi connectivity index (χ4n) is 8.47. The number of aromatic hydroxyl groups is 4. The molecule has 300 valence electrons. The van der Waals surface area contributed by atoms with E-state index in [1.165, 1.54) is 0 Å². The van der Waals surface area contributed by atoms with E-state index in [2.05, 4.69) is 53.7 Å². The first-order valence-electron chi connectivity index (χ1n) is 21.6. The van der Waals surface area contributed by atoms with Gasteiger partial charge in [-0.05, 0) is 145 Å². The van der Waals surface area contributed by atoms with Crippen LogP contribution in [0.4, 0.5) is 0 Å². The van der Waals surface area contributed by atoms with Crippen molar-refractivity contribution in [1.82, 2.24) is 0 Å². The summed E-state index contributed by atoms with van der Waals surface area (Å²) in [6, 6.07) is 23.2. The quantitative estimate of drug-likeness (QED) is 0.0572. The minimum Gasteiger partial charge on any atom is -0.508 e. The Kier molecular flexibility index (Phi) is 17.0. The smallest absolute Gasteiger partial charge is 0.120 e. The molecule has 0 amide bonds. The lowest BCUT2D eigenvalue weighted by Crippen LogP contribution is -2.44. The van der Waals surface area contributed by atoms with Crippen molar-refractivity contribution in [3.05, 3.63) is 117 Å². The highest BCUT2D eigenvalue weighted by Gasteiger charge is 2.48. The SMILES string of the molecule is CCCCc1c(O)ccc(C(CCCC)(OC(CCCC)(c2ccc(O)cc2)c2ccc(O)c(CCCC)c2CCCC)c2ccc(O)cc2)c1CCCC. The molecule has 0 bridgehead atoms. The molecule has 0 aliphatic heterocycles. The van der Waals surface area contributed by atoms with Gasteiger partial charge in [0.1, 0.15) is 34.2 Å². The van der Waals surface area contributed by atoms with E-state index in [0.717, 1.165) is 147 Å². The minimum absolute atomic E-state index is 0.199. The minimum atomic E-state index is -0.990. The van der Waals surface area contributed by atoms with E-state index in [4.69, 9.17) is 4.74 Å². The molecule has 0 spiro atoms. The van der Waals surface area contributed by atoms with Crippen molar-refractivity contribution in [2.75, 3.05) is 0 Å². The van der Waals surface area contributed by atoms with Crippen molar-refractivity contribution in [3.8, 4) is 23.0 Å². The first-order valence-corrected chi connectivity index (χ1v) is 21.6. The lowest BCUT2D eigenvalue weighted by atomic mass is 9.73. The average Bonchev–Trinajstić information content (AvgIpc) is 3.19. The molecule has 0 radical (unpaired) electrons. The lowest BCUT2D eigenvalue weighted by Gasteiger charge is -2.48. The van der Waals surface area contributed by atoms with Crippen LogP contribution in [-0.2, 0) is 41.6 Å². The van der Waals surface area contributed by atoms with E-state index < -0.39 is 11.2 Å². The Bertz CT molecular complexity index is 1610. The highest BCUT2D eigenvalue weighted by atomic mass is 16.5. The molecule has 2 unspecified atom stereocenters. The van der Waals surface area contributed by atoms with Gasteiger partial charge >= 0.3 is 0 Å². The number of hydrogen-bond donors (Lipinski definition) is 4. The van der Waals surface area contributed by atoms with Crippen LogP contribution in [0.1, 0.15) is 176 Å². The Balaban J connectivity index is 2.26. The molecular weight excluding hydrogens is 681 g/mol. The molecule has 4 N–H and O–H groups in total. The van der Waals surface area contributed by atoms with E-state index in [-0.39, 0.29) is 11.5 Å². The van der Waals surface area contributed by atoms with E-state index in [0.29, 0.717) is 24.3 Å². The summed E-state index contributed by atoms with van der Waals surface area (Å²) in [5.41, 5.74) is 6.43. The van der Waals surface area contributed by atoms with Crippen LogP contribution in [0.15, 0.2) is 72.8 Å². The number of rotatable bonds is 24. The van der Waals surface area contributed by atoms with Gasteiger partial charge in [0.05, 0.1) is 0 Å². The third kappa shape index (κ3) is 10.3. The van der Waals surface area contributed by atoms with Crippen LogP contribution >= 0.6 is 0 Å². The molecule has 0 aromatic heterocycles. The number of benzene rings is 4. The molecule has 4 aromatic rings. The van der Waals surface area contributed by atoms with Gasteiger partial charge in [0.25, 0.3) is 0 Å². The van der Waals surface area contributed by atoms with Crippen LogP contribution in [0.2, 0.25) is 0 Å². The van der Waals surface area contributed by atoms with E-state index in [1.807, 2.05) is 36.4 Å². The molecule has 0 fully saturated rings. The second-order valence-electron chi connectivity index (χ2n) is 15.6. The van der Waals surface area contributed by atoms with Gasteiger partial charge < -0.3 is 25.2 Å². The summed E-state index contributed by atoms with van der Waals surface area (Å²) in [5.74, 6) is 1.08. The van der Waals surface area contributed by atoms with E-state index in [1.54, 1.807) is 24.3 Å². The third-order valence-corrected chi connectivity index (χ3v) is 11.6. The van der Waals surface area contributed by atoms with Crippen LogP contribution in [0.25, 0.3) is 0 Å². The topological polar surface area (TPSA) is 90.2 Å². The first kappa shape index (κ1) is 43.8. The molecule has 5 nitrogen and oxygen atoms in total. The van der Waals surface area contributed by atoms with Gasteiger partial charge in [-0.15, -0.1) is 0 Å². The molecule has 5 heteroatoms. The highest BCUT2D eigenvalue weighted by Crippen LogP contribution is 2.53. The summed E-state index contributed by atoms with van der Waals surface area (Å²) in [6.07, 6.45) is 16.3. The van der Waals surface area contributed by atoms with Gasteiger partial charge in [0.15, 0.2) is 0 Å². The molecule has 2 atom stereocenters. The predicted octanol–water partition coefficient (Wildman–Crippen LogP) is 13.5. The summed E-state index contributed by atoms with van der Waals surface area (Å²) < 4.78 is 8.37. The molecule has 0 aliphatic rings. The standard InChI is InChI=1S/C50H70O5/c1-7-13-19-41-43(21-15-9-3)47(53)33-31-45(41)49(35-17-11-5,37-23-27-39(51)28-24-37)55-50(36-18-12-6,38-25-29-40(52)30-26-38)46-32-34-48(54)44(22-16-10-4)42(46)20-14-8-2/h23-34,51-54H,7-22,35-36H2,1-6H3. The van der Waals surface area contributed by atoms with Crippen molar-refractivity contribution >= 4 is 0 Å². The Morgan fingerprint density at radius 3 is 1.00 bits per heavy atom. The number of phenolic OH excluding ortho intramolecular Hbond substituents is 4. The van der Waals surface area contributed by atoms with Gasteiger partial charge in [-0.25, -0.2) is 0 Å². The fraction of sp³-hybridized carbons (Fsp3) is 0.520. The van der Waals surface area contributed by atoms with Crippen LogP contribution < -0.4 is 0 Å². The average molecular weight is 751 g/mol. The van der Waals surface area contributed by atoms with Gasteiger partial charge in [0, 0.05) is 0 Å². The molecule has 0 saturated heterocycles. The molecule has 55 heavy (non-hydrogen) atoms. The normalized spacial score (nSPS) is 13.8. The summed E-state index contributed by atoms with van der Waals surface area (Å²) in [5, 5.41) is 44.4. The van der Waals surface area contributed by atoms with Gasteiger partial charge in [-0.3, -0.25) is 0 Å². The number of hydrogen-bond acceptors (Lipinski definition) is 5. The second-order valence-corrected chi connectivity index (χ2v) is 15.6. The van der Waals surface area contributed by atoms with E-state index in [9.17, 15) is 20.4 Å². The van der Waals surface area contributed by atoms with Crippen LogP contribution in [0, 0.1) is 0 Å². The number of phenols is 4. The summed E-state index contributed by atoms with van der Waals surface area (Å²) >= 11 is 0. The first-order chi connectivity index (χ1) is 26.7. The monoisotopic (exact) mass is 751 g/mol. The van der Waals surface area contributed by atoms with Crippen molar-refractivity contribution in [1.29, 1.82) is 0 Å². The van der Waals surface area contributed by atoms with Crippen LogP contribution in [0.3, 0.4) is 0 Å². The Hall–Kier alpha value is -3.96. The zero-order valence-corrected chi connectivity index (χ0v) is 34.9. The summed E-state index contributed by atoms with van der Waals surface area (Å²) in [7, 11) is 0. The van der Waals surface area contributed by atoms with E-state index >= 15 is 0 Å². The molecule has 0 aliphatic carbocycles. The Labute approximate surface area is 332 Å². The zero-order chi connectivity index (χ0) is 39.8. The Morgan fingerprint density at radius 1 is 0.382 bits per heavy atom. The van der Waals surface area contributed by atoms with Crippen molar-refractivity contribution < 1.29 is 25.2 Å². The molecule has 0 heterocycles. The summed E-state index contributed by atoms with van der Waals surface area (Å²) in [6.45, 7) is 13.3. The molecular formula is C50H70O5. The zero-order valence-electron chi connectivity index (χ0n) is 34.9. The van der Waals surface area contributed by atoms with Crippen LogP contribution in [0.5, 0.6) is 23.0 Å². The maximum Gasteiger partial charge on any atom is 0.120 e. The maximum atomic E-state index is 11.5. The fourth-order valence-corrected chi connectivity index (χ4v) is 8.47. The van der Waals surface area contributed by atoms with Crippen molar-refractivity contribution in [2.45, 2.75) is 168 Å². The predicted molar refractivity (Wildman–Crippen MR) is 229 cm³/mol.